The number of halogens is 1. The van der Waals surface area contributed by atoms with Crippen LogP contribution in [0.1, 0.15) is 28.8 Å². The van der Waals surface area contributed by atoms with Gasteiger partial charge in [0.1, 0.15) is 22.7 Å². The average molecular weight is 382 g/mol. The van der Waals surface area contributed by atoms with Crippen LogP contribution in [0.3, 0.4) is 0 Å². The summed E-state index contributed by atoms with van der Waals surface area (Å²) >= 11 is 0. The first-order valence-electron chi connectivity index (χ1n) is 9.48. The van der Waals surface area contributed by atoms with Gasteiger partial charge in [-0.25, -0.2) is 14.4 Å². The van der Waals surface area contributed by atoms with Crippen LogP contribution in [0.25, 0.3) is 11.0 Å². The fourth-order valence-electron chi connectivity index (χ4n) is 3.64. The minimum absolute atomic E-state index is 0.0712. The van der Waals surface area contributed by atoms with Gasteiger partial charge in [0.25, 0.3) is 5.91 Å². The normalized spacial score (nSPS) is 14.7. The highest BCUT2D eigenvalue weighted by Gasteiger charge is 2.26. The van der Waals surface area contributed by atoms with Crippen molar-refractivity contribution < 1.29 is 9.18 Å². The van der Waals surface area contributed by atoms with Crippen LogP contribution in [-0.2, 0) is 13.5 Å². The molecule has 1 amide bonds. The maximum atomic E-state index is 13.1. The fourth-order valence-corrected chi connectivity index (χ4v) is 3.64. The van der Waals surface area contributed by atoms with Gasteiger partial charge < -0.3 is 9.80 Å². The Balaban J connectivity index is 1.57. The molecule has 3 heterocycles. The lowest BCUT2D eigenvalue weighted by atomic mass is 10.1. The molecule has 1 fully saturated rings. The fraction of sp³-hybridized carbons (Fsp3) is 0.400. The van der Waals surface area contributed by atoms with E-state index < -0.39 is 0 Å². The molecule has 0 spiro atoms. The molecule has 1 aliphatic heterocycles. The van der Waals surface area contributed by atoms with E-state index in [0.29, 0.717) is 31.7 Å². The maximum Gasteiger partial charge on any atom is 0.253 e. The molecular weight excluding hydrogens is 359 g/mol. The van der Waals surface area contributed by atoms with Crippen LogP contribution in [-0.4, -0.2) is 56.7 Å². The summed E-state index contributed by atoms with van der Waals surface area (Å²) in [5, 5.41) is 4.50. The molecule has 1 saturated heterocycles. The van der Waals surface area contributed by atoms with E-state index in [2.05, 4.69) is 15.0 Å². The van der Waals surface area contributed by atoms with E-state index in [9.17, 15) is 9.18 Å². The molecule has 0 saturated carbocycles. The van der Waals surface area contributed by atoms with E-state index in [1.54, 1.807) is 4.90 Å². The molecular formula is C20H23FN6O. The Morgan fingerprint density at radius 1 is 1.11 bits per heavy atom. The number of carbonyl (C=O) groups excluding carboxylic acids is 1. The van der Waals surface area contributed by atoms with Gasteiger partial charge in [0.05, 0.1) is 5.69 Å². The van der Waals surface area contributed by atoms with Crippen molar-refractivity contribution in [3.8, 4) is 0 Å². The van der Waals surface area contributed by atoms with Crippen LogP contribution in [0.5, 0.6) is 0 Å². The van der Waals surface area contributed by atoms with Crippen molar-refractivity contribution in [3.63, 3.8) is 0 Å². The lowest BCUT2D eigenvalue weighted by Crippen LogP contribution is -2.49. The Morgan fingerprint density at radius 2 is 1.79 bits per heavy atom. The minimum Gasteiger partial charge on any atom is -0.351 e. The smallest absolute Gasteiger partial charge is 0.253 e. The first-order valence-corrected chi connectivity index (χ1v) is 9.48. The standard InChI is InChI=1S/C20H23FN6O/c1-4-16-22-17-13(2)24-25(3)18(17)19(23-16)26-9-11-27(12-10-26)20(28)14-5-7-15(21)8-6-14/h5-8H,4,9-12H2,1-3H3. The van der Waals surface area contributed by atoms with E-state index >= 15 is 0 Å². The van der Waals surface area contributed by atoms with E-state index in [1.807, 2.05) is 25.6 Å². The van der Waals surface area contributed by atoms with Gasteiger partial charge in [-0.2, -0.15) is 5.10 Å². The second kappa shape index (κ2) is 7.18. The molecule has 3 aromatic rings. The zero-order valence-corrected chi connectivity index (χ0v) is 16.3. The number of aryl methyl sites for hydroxylation is 3. The van der Waals surface area contributed by atoms with Gasteiger partial charge in [-0.15, -0.1) is 0 Å². The average Bonchev–Trinajstić information content (AvgIpc) is 3.01. The number of fused-ring (bicyclic) bond motifs is 1. The summed E-state index contributed by atoms with van der Waals surface area (Å²) in [7, 11) is 1.90. The molecule has 0 unspecified atom stereocenters. The van der Waals surface area contributed by atoms with Crippen LogP contribution in [0.4, 0.5) is 10.2 Å². The lowest BCUT2D eigenvalue weighted by Gasteiger charge is -2.35. The molecule has 2 aromatic heterocycles. The predicted molar refractivity (Wildman–Crippen MR) is 105 cm³/mol. The third kappa shape index (κ3) is 3.19. The summed E-state index contributed by atoms with van der Waals surface area (Å²) in [6.07, 6.45) is 0.750. The highest BCUT2D eigenvalue weighted by molar-refractivity contribution is 5.94. The first kappa shape index (κ1) is 18.3. The number of nitrogens with zero attached hydrogens (tertiary/aromatic N) is 6. The number of hydrogen-bond donors (Lipinski definition) is 0. The van der Waals surface area contributed by atoms with Gasteiger partial charge >= 0.3 is 0 Å². The van der Waals surface area contributed by atoms with Crippen LogP contribution in [0.15, 0.2) is 24.3 Å². The number of piperazine rings is 1. The van der Waals surface area contributed by atoms with Crippen LogP contribution in [0.2, 0.25) is 0 Å². The number of aromatic nitrogens is 4. The van der Waals surface area contributed by atoms with E-state index in [-0.39, 0.29) is 11.7 Å². The molecule has 0 atom stereocenters. The molecule has 7 nitrogen and oxygen atoms in total. The third-order valence-corrected chi connectivity index (χ3v) is 5.15. The van der Waals surface area contributed by atoms with Gasteiger partial charge in [0.2, 0.25) is 0 Å². The Kier molecular flexibility index (Phi) is 4.70. The van der Waals surface area contributed by atoms with E-state index in [0.717, 1.165) is 34.8 Å². The Labute approximate surface area is 162 Å². The highest BCUT2D eigenvalue weighted by Crippen LogP contribution is 2.27. The Bertz CT molecular complexity index is 1020. The summed E-state index contributed by atoms with van der Waals surface area (Å²) < 4.78 is 14.9. The molecule has 0 aliphatic carbocycles. The van der Waals surface area contributed by atoms with Crippen molar-refractivity contribution >= 4 is 22.8 Å². The summed E-state index contributed by atoms with van der Waals surface area (Å²) in [5.74, 6) is 1.26. The van der Waals surface area contributed by atoms with Crippen molar-refractivity contribution in [2.45, 2.75) is 20.3 Å². The van der Waals surface area contributed by atoms with E-state index in [4.69, 9.17) is 4.98 Å². The number of anilines is 1. The molecule has 1 aromatic carbocycles. The second-order valence-electron chi connectivity index (χ2n) is 7.01. The second-order valence-corrected chi connectivity index (χ2v) is 7.01. The third-order valence-electron chi connectivity index (χ3n) is 5.15. The van der Waals surface area contributed by atoms with Crippen molar-refractivity contribution in [1.82, 2.24) is 24.6 Å². The monoisotopic (exact) mass is 382 g/mol. The Morgan fingerprint density at radius 3 is 2.43 bits per heavy atom. The molecule has 0 N–H and O–H groups in total. The zero-order chi connectivity index (χ0) is 19.8. The minimum atomic E-state index is -0.340. The van der Waals surface area contributed by atoms with Gasteiger partial charge in [0, 0.05) is 45.2 Å². The number of rotatable bonds is 3. The van der Waals surface area contributed by atoms with E-state index in [1.165, 1.54) is 24.3 Å². The topological polar surface area (TPSA) is 67.2 Å². The Hall–Kier alpha value is -3.03. The van der Waals surface area contributed by atoms with Gasteiger partial charge in [-0.3, -0.25) is 9.48 Å². The molecule has 0 radical (unpaired) electrons. The maximum absolute atomic E-state index is 13.1. The van der Waals surface area contributed by atoms with Crippen LogP contribution in [0, 0.1) is 12.7 Å². The number of amides is 1. The van der Waals surface area contributed by atoms with Crippen molar-refractivity contribution in [1.29, 1.82) is 0 Å². The van der Waals surface area contributed by atoms with Gasteiger partial charge in [0.15, 0.2) is 5.82 Å². The van der Waals surface area contributed by atoms with Crippen LogP contribution < -0.4 is 4.90 Å². The predicted octanol–water partition coefficient (Wildman–Crippen LogP) is 2.34. The summed E-state index contributed by atoms with van der Waals surface area (Å²) in [6.45, 7) is 6.51. The van der Waals surface area contributed by atoms with Crippen molar-refractivity contribution in [3.05, 3.63) is 47.2 Å². The number of benzene rings is 1. The van der Waals surface area contributed by atoms with Gasteiger partial charge in [-0.1, -0.05) is 6.92 Å². The number of hydrogen-bond acceptors (Lipinski definition) is 5. The molecule has 4 rings (SSSR count). The van der Waals surface area contributed by atoms with Crippen molar-refractivity contribution in [2.24, 2.45) is 7.05 Å². The summed E-state index contributed by atoms with van der Waals surface area (Å²) in [6, 6.07) is 5.70. The molecule has 0 bridgehead atoms. The molecule has 146 valence electrons. The quantitative estimate of drug-likeness (QED) is 0.696. The molecule has 8 heteroatoms. The lowest BCUT2D eigenvalue weighted by molar-refractivity contribution is 0.0746. The SMILES string of the molecule is CCc1nc(N2CCN(C(=O)c3ccc(F)cc3)CC2)c2c(n1)c(C)nn2C. The molecule has 28 heavy (non-hydrogen) atoms. The molecule has 1 aliphatic rings. The largest absolute Gasteiger partial charge is 0.351 e. The zero-order valence-electron chi connectivity index (χ0n) is 16.3. The summed E-state index contributed by atoms with van der Waals surface area (Å²) in [4.78, 5) is 26.1. The number of carbonyl (C=O) groups is 1. The van der Waals surface area contributed by atoms with Crippen LogP contribution >= 0.6 is 0 Å². The highest BCUT2D eigenvalue weighted by atomic mass is 19.1. The summed E-state index contributed by atoms with van der Waals surface area (Å²) in [5.41, 5.74) is 3.21. The first-order chi connectivity index (χ1) is 13.5. The van der Waals surface area contributed by atoms with Gasteiger partial charge in [-0.05, 0) is 31.2 Å². The van der Waals surface area contributed by atoms with Crippen molar-refractivity contribution in [2.75, 3.05) is 31.1 Å².